The summed E-state index contributed by atoms with van der Waals surface area (Å²) in [6.07, 6.45) is 0.777. The van der Waals surface area contributed by atoms with Crippen LogP contribution in [0, 0.1) is 11.6 Å². The van der Waals surface area contributed by atoms with Gasteiger partial charge in [-0.25, -0.2) is 8.78 Å². The van der Waals surface area contributed by atoms with Crippen LogP contribution < -0.4 is 10.1 Å². The Hall–Kier alpha value is -1.16. The van der Waals surface area contributed by atoms with Gasteiger partial charge >= 0.3 is 0 Å². The zero-order valence-corrected chi connectivity index (χ0v) is 10.5. The number of ether oxygens (including phenoxy) is 1. The minimum Gasteiger partial charge on any atom is -0.486 e. The number of likely N-dealkylation sites (N-methyl/N-ethyl adjacent to an activating group) is 1. The molecule has 0 aliphatic carbocycles. The lowest BCUT2D eigenvalue weighted by Gasteiger charge is -2.30. The van der Waals surface area contributed by atoms with Crippen LogP contribution in [0.4, 0.5) is 8.78 Å². The lowest BCUT2D eigenvalue weighted by atomic mass is 10.0. The molecule has 0 saturated carbocycles. The number of rotatable bonds is 6. The summed E-state index contributed by atoms with van der Waals surface area (Å²) in [5.74, 6) is -1.39. The summed E-state index contributed by atoms with van der Waals surface area (Å²) in [5.41, 5.74) is -0.416. The zero-order valence-electron chi connectivity index (χ0n) is 10.5. The van der Waals surface area contributed by atoms with E-state index in [1.165, 1.54) is 6.07 Å². The fourth-order valence-electron chi connectivity index (χ4n) is 1.45. The van der Waals surface area contributed by atoms with Crippen molar-refractivity contribution in [3.8, 4) is 5.75 Å². The van der Waals surface area contributed by atoms with Crippen molar-refractivity contribution in [3.05, 3.63) is 29.8 Å². The Morgan fingerprint density at radius 3 is 2.47 bits per heavy atom. The molecule has 0 aliphatic heterocycles. The van der Waals surface area contributed by atoms with Gasteiger partial charge in [-0.05, 0) is 32.0 Å². The van der Waals surface area contributed by atoms with Gasteiger partial charge in [0.15, 0.2) is 11.6 Å². The molecule has 0 aromatic heterocycles. The summed E-state index contributed by atoms with van der Waals surface area (Å²) in [6, 6.07) is 3.60. The molecule has 2 nitrogen and oxygen atoms in total. The van der Waals surface area contributed by atoms with Crippen LogP contribution in [-0.4, -0.2) is 18.7 Å². The molecule has 0 radical (unpaired) electrons. The Morgan fingerprint density at radius 2 is 1.94 bits per heavy atom. The second-order valence-electron chi connectivity index (χ2n) is 4.26. The molecule has 1 aromatic carbocycles. The summed E-state index contributed by atoms with van der Waals surface area (Å²) in [7, 11) is 0. The van der Waals surface area contributed by atoms with Gasteiger partial charge in [0.2, 0.25) is 0 Å². The Bertz CT molecular complexity index is 370. The minimum absolute atomic E-state index is 0.353. The maximum Gasteiger partial charge on any atom is 0.162 e. The molecular weight excluding hydrogens is 224 g/mol. The summed E-state index contributed by atoms with van der Waals surface area (Å²) in [6.45, 7) is 7.46. The average molecular weight is 243 g/mol. The van der Waals surface area contributed by atoms with Crippen molar-refractivity contribution in [1.82, 2.24) is 5.32 Å². The molecule has 0 spiro atoms. The van der Waals surface area contributed by atoms with Gasteiger partial charge in [-0.2, -0.15) is 0 Å². The molecule has 0 amide bonds. The van der Waals surface area contributed by atoms with Crippen molar-refractivity contribution < 1.29 is 13.5 Å². The lowest BCUT2D eigenvalue weighted by Crippen LogP contribution is -2.42. The highest BCUT2D eigenvalue weighted by molar-refractivity contribution is 5.24. The smallest absolute Gasteiger partial charge is 0.162 e. The molecule has 0 saturated heterocycles. The Kier molecular flexibility index (Phi) is 4.87. The highest BCUT2D eigenvalue weighted by Crippen LogP contribution is 2.22. The van der Waals surface area contributed by atoms with Crippen LogP contribution in [-0.2, 0) is 0 Å². The van der Waals surface area contributed by atoms with Crippen molar-refractivity contribution >= 4 is 0 Å². The van der Waals surface area contributed by atoms with Crippen LogP contribution in [0.1, 0.15) is 27.2 Å². The SMILES string of the molecule is CCNCC(C)(CC)Oc1ccc(F)c(F)c1. The first-order valence-corrected chi connectivity index (χ1v) is 5.85. The molecule has 0 fully saturated rings. The number of benzene rings is 1. The molecule has 96 valence electrons. The normalized spacial score (nSPS) is 14.4. The van der Waals surface area contributed by atoms with E-state index in [0.29, 0.717) is 12.3 Å². The van der Waals surface area contributed by atoms with Crippen LogP contribution in [0.25, 0.3) is 0 Å². The standard InChI is InChI=1S/C13H19F2NO/c1-4-13(3,9-16-5-2)17-10-6-7-11(14)12(15)8-10/h6-8,16H,4-5,9H2,1-3H3. The Labute approximate surface area is 101 Å². The molecule has 1 N–H and O–H groups in total. The summed E-state index contributed by atoms with van der Waals surface area (Å²) in [5, 5.41) is 3.19. The van der Waals surface area contributed by atoms with Gasteiger partial charge in [0.05, 0.1) is 0 Å². The van der Waals surface area contributed by atoms with Gasteiger partial charge in [-0.3, -0.25) is 0 Å². The molecule has 1 unspecified atom stereocenters. The van der Waals surface area contributed by atoms with Gasteiger partial charge in [-0.15, -0.1) is 0 Å². The third-order valence-corrected chi connectivity index (χ3v) is 2.75. The van der Waals surface area contributed by atoms with Crippen LogP contribution >= 0.6 is 0 Å². The Balaban J connectivity index is 2.76. The zero-order chi connectivity index (χ0) is 12.9. The van der Waals surface area contributed by atoms with Gasteiger partial charge < -0.3 is 10.1 Å². The monoisotopic (exact) mass is 243 g/mol. The van der Waals surface area contributed by atoms with Gasteiger partial charge in [-0.1, -0.05) is 13.8 Å². The van der Waals surface area contributed by atoms with E-state index in [9.17, 15) is 8.78 Å². The van der Waals surface area contributed by atoms with E-state index in [4.69, 9.17) is 4.74 Å². The first kappa shape index (κ1) is 13.9. The first-order chi connectivity index (χ1) is 8.00. The first-order valence-electron chi connectivity index (χ1n) is 5.85. The van der Waals surface area contributed by atoms with Crippen LogP contribution in [0.2, 0.25) is 0 Å². The quantitative estimate of drug-likeness (QED) is 0.828. The second-order valence-corrected chi connectivity index (χ2v) is 4.26. The van der Waals surface area contributed by atoms with Crippen molar-refractivity contribution in [3.63, 3.8) is 0 Å². The van der Waals surface area contributed by atoms with Gasteiger partial charge in [0, 0.05) is 12.6 Å². The van der Waals surface area contributed by atoms with E-state index >= 15 is 0 Å². The van der Waals surface area contributed by atoms with Crippen molar-refractivity contribution in [2.75, 3.05) is 13.1 Å². The van der Waals surface area contributed by atoms with E-state index in [1.807, 2.05) is 20.8 Å². The number of nitrogens with one attached hydrogen (secondary N) is 1. The van der Waals surface area contributed by atoms with E-state index in [1.54, 1.807) is 0 Å². The van der Waals surface area contributed by atoms with Crippen LogP contribution in [0.3, 0.4) is 0 Å². The minimum atomic E-state index is -0.885. The largest absolute Gasteiger partial charge is 0.486 e. The number of hydrogen-bond donors (Lipinski definition) is 1. The lowest BCUT2D eigenvalue weighted by molar-refractivity contribution is 0.0836. The molecule has 0 aliphatic rings. The average Bonchev–Trinajstić information content (AvgIpc) is 2.31. The highest BCUT2D eigenvalue weighted by Gasteiger charge is 2.23. The van der Waals surface area contributed by atoms with E-state index in [-0.39, 0.29) is 0 Å². The highest BCUT2D eigenvalue weighted by atomic mass is 19.2. The van der Waals surface area contributed by atoms with E-state index in [2.05, 4.69) is 5.32 Å². The molecule has 1 rings (SSSR count). The molecular formula is C13H19F2NO. The molecule has 1 atom stereocenters. The Morgan fingerprint density at radius 1 is 1.24 bits per heavy atom. The topological polar surface area (TPSA) is 21.3 Å². The van der Waals surface area contributed by atoms with Crippen LogP contribution in [0.5, 0.6) is 5.75 Å². The molecule has 4 heteroatoms. The summed E-state index contributed by atoms with van der Waals surface area (Å²) >= 11 is 0. The molecule has 0 heterocycles. The van der Waals surface area contributed by atoms with E-state index < -0.39 is 17.2 Å². The molecule has 1 aromatic rings. The maximum atomic E-state index is 13.0. The third-order valence-electron chi connectivity index (χ3n) is 2.75. The second kappa shape index (κ2) is 5.96. The van der Waals surface area contributed by atoms with Crippen molar-refractivity contribution in [2.45, 2.75) is 32.8 Å². The molecule has 17 heavy (non-hydrogen) atoms. The predicted molar refractivity (Wildman–Crippen MR) is 64.2 cm³/mol. The van der Waals surface area contributed by atoms with Gasteiger partial charge in [0.25, 0.3) is 0 Å². The number of hydrogen-bond acceptors (Lipinski definition) is 2. The van der Waals surface area contributed by atoms with Gasteiger partial charge in [0.1, 0.15) is 11.4 Å². The van der Waals surface area contributed by atoms with Crippen LogP contribution in [0.15, 0.2) is 18.2 Å². The summed E-state index contributed by atoms with van der Waals surface area (Å²) < 4.78 is 31.5. The predicted octanol–water partition coefficient (Wildman–Crippen LogP) is 3.12. The summed E-state index contributed by atoms with van der Waals surface area (Å²) in [4.78, 5) is 0. The maximum absolute atomic E-state index is 13.0. The third kappa shape index (κ3) is 3.97. The fourth-order valence-corrected chi connectivity index (χ4v) is 1.45. The number of halogens is 2. The van der Waals surface area contributed by atoms with E-state index in [0.717, 1.165) is 25.1 Å². The van der Waals surface area contributed by atoms with Crippen molar-refractivity contribution in [2.24, 2.45) is 0 Å². The van der Waals surface area contributed by atoms with Crippen molar-refractivity contribution in [1.29, 1.82) is 0 Å². The molecule has 0 bridgehead atoms. The fraction of sp³-hybridized carbons (Fsp3) is 0.538.